The number of rotatable bonds is 8. The lowest BCUT2D eigenvalue weighted by molar-refractivity contribution is -0.0361. The molecule has 0 fully saturated rings. The molecule has 0 aliphatic carbocycles. The highest BCUT2D eigenvalue weighted by Gasteiger charge is 2.31. The van der Waals surface area contributed by atoms with Gasteiger partial charge in [-0.1, -0.05) is 26.8 Å². The van der Waals surface area contributed by atoms with Gasteiger partial charge in [0.05, 0.1) is 6.10 Å². The molecule has 0 bridgehead atoms. The van der Waals surface area contributed by atoms with Gasteiger partial charge < -0.3 is 10.1 Å². The maximum Gasteiger partial charge on any atom is 0.0775 e. The van der Waals surface area contributed by atoms with Crippen LogP contribution >= 0.6 is 0 Å². The topological polar surface area (TPSA) is 21.3 Å². The molecule has 96 valence electrons. The molecule has 2 atom stereocenters. The fraction of sp³-hybridized carbons (Fsp3) is 0.857. The Bertz CT molecular complexity index is 184. The van der Waals surface area contributed by atoms with Gasteiger partial charge in [0.15, 0.2) is 0 Å². The first-order chi connectivity index (χ1) is 7.47. The Morgan fingerprint density at radius 1 is 1.38 bits per heavy atom. The number of nitrogens with one attached hydrogen (secondary N) is 1. The molecular formula is C14H29NO. The number of allylic oxidation sites excluding steroid dienone is 1. The van der Waals surface area contributed by atoms with Gasteiger partial charge in [0.25, 0.3) is 0 Å². The predicted molar refractivity (Wildman–Crippen MR) is 71.8 cm³/mol. The van der Waals surface area contributed by atoms with Gasteiger partial charge in [-0.05, 0) is 38.6 Å². The van der Waals surface area contributed by atoms with E-state index in [1.165, 1.54) is 6.42 Å². The smallest absolute Gasteiger partial charge is 0.0775 e. The highest BCUT2D eigenvalue weighted by atomic mass is 16.5. The number of likely N-dealkylation sites (N-methyl/N-ethyl adjacent to an activating group) is 1. The summed E-state index contributed by atoms with van der Waals surface area (Å²) >= 11 is 0. The van der Waals surface area contributed by atoms with Crippen molar-refractivity contribution < 1.29 is 4.74 Å². The summed E-state index contributed by atoms with van der Waals surface area (Å²) in [6.45, 7) is 13.3. The third-order valence-corrected chi connectivity index (χ3v) is 2.86. The van der Waals surface area contributed by atoms with Crippen LogP contribution in [0.3, 0.4) is 0 Å². The molecule has 0 aliphatic rings. The van der Waals surface area contributed by atoms with Crippen molar-refractivity contribution in [3.05, 3.63) is 12.7 Å². The van der Waals surface area contributed by atoms with Crippen LogP contribution in [0.4, 0.5) is 0 Å². The summed E-state index contributed by atoms with van der Waals surface area (Å²) in [5.41, 5.74) is 0.178. The monoisotopic (exact) mass is 227 g/mol. The average molecular weight is 227 g/mol. The van der Waals surface area contributed by atoms with Crippen molar-refractivity contribution >= 4 is 0 Å². The van der Waals surface area contributed by atoms with Crippen molar-refractivity contribution in [1.82, 2.24) is 5.32 Å². The maximum atomic E-state index is 5.90. The molecule has 0 saturated heterocycles. The molecule has 2 nitrogen and oxygen atoms in total. The summed E-state index contributed by atoms with van der Waals surface area (Å²) < 4.78 is 5.90. The molecule has 2 unspecified atom stereocenters. The molecule has 2 heteroatoms. The van der Waals surface area contributed by atoms with Gasteiger partial charge in [-0.25, -0.2) is 0 Å². The summed E-state index contributed by atoms with van der Waals surface area (Å²) in [6.07, 6.45) is 5.66. The molecule has 0 rings (SSSR count). The van der Waals surface area contributed by atoms with Gasteiger partial charge in [0.1, 0.15) is 0 Å². The van der Waals surface area contributed by atoms with Crippen molar-refractivity contribution in [2.75, 3.05) is 13.7 Å². The quantitative estimate of drug-likeness (QED) is 0.507. The normalized spacial score (nSPS) is 15.8. The minimum absolute atomic E-state index is 0.178. The minimum Gasteiger partial charge on any atom is -0.376 e. The van der Waals surface area contributed by atoms with Crippen LogP contribution in [0.15, 0.2) is 12.7 Å². The van der Waals surface area contributed by atoms with E-state index in [-0.39, 0.29) is 11.5 Å². The van der Waals surface area contributed by atoms with E-state index < -0.39 is 0 Å². The van der Waals surface area contributed by atoms with E-state index in [1.807, 2.05) is 13.1 Å². The van der Waals surface area contributed by atoms with Gasteiger partial charge in [-0.2, -0.15) is 0 Å². The molecule has 0 aliphatic heterocycles. The summed E-state index contributed by atoms with van der Waals surface area (Å²) in [4.78, 5) is 0. The minimum atomic E-state index is 0.178. The second-order valence-electron chi connectivity index (χ2n) is 5.36. The molecule has 0 spiro atoms. The Labute approximate surface area is 101 Å². The standard InChI is InChI=1S/C14H29NO/c1-7-9-10-11-12(15-6)13(16-8-2)14(3,4)5/h7,12-13,15H,1,8-11H2,2-6H3. The van der Waals surface area contributed by atoms with Crippen molar-refractivity contribution in [2.45, 2.75) is 59.1 Å². The van der Waals surface area contributed by atoms with Gasteiger partial charge in [0, 0.05) is 12.6 Å². The molecule has 0 radical (unpaired) electrons. The summed E-state index contributed by atoms with van der Waals surface area (Å²) in [7, 11) is 2.02. The number of unbranched alkanes of at least 4 members (excludes halogenated alkanes) is 1. The van der Waals surface area contributed by atoms with Crippen molar-refractivity contribution in [3.63, 3.8) is 0 Å². The van der Waals surface area contributed by atoms with Crippen LogP contribution in [0, 0.1) is 5.41 Å². The SMILES string of the molecule is C=CCCCC(NC)C(OCC)C(C)(C)C. The summed E-state index contributed by atoms with van der Waals surface area (Å²) in [6, 6.07) is 0.430. The van der Waals surface area contributed by atoms with Crippen molar-refractivity contribution in [1.29, 1.82) is 0 Å². The van der Waals surface area contributed by atoms with Crippen LogP contribution in [-0.4, -0.2) is 25.8 Å². The predicted octanol–water partition coefficient (Wildman–Crippen LogP) is 3.38. The van der Waals surface area contributed by atoms with Crippen LogP contribution in [-0.2, 0) is 4.74 Å². The Balaban J connectivity index is 4.39. The van der Waals surface area contributed by atoms with E-state index in [0.29, 0.717) is 6.04 Å². The first kappa shape index (κ1) is 15.7. The molecule has 0 amide bonds. The zero-order valence-electron chi connectivity index (χ0n) is 11.7. The molecule has 0 aromatic carbocycles. The van der Waals surface area contributed by atoms with Crippen molar-refractivity contribution in [2.24, 2.45) is 5.41 Å². The number of ether oxygens (including phenoxy) is 1. The van der Waals surface area contributed by atoms with E-state index >= 15 is 0 Å². The molecule has 0 heterocycles. The third-order valence-electron chi connectivity index (χ3n) is 2.86. The zero-order valence-corrected chi connectivity index (χ0v) is 11.7. The Hall–Kier alpha value is -0.340. The Morgan fingerprint density at radius 2 is 2.00 bits per heavy atom. The molecule has 0 aromatic heterocycles. The highest BCUT2D eigenvalue weighted by Crippen LogP contribution is 2.27. The lowest BCUT2D eigenvalue weighted by atomic mass is 9.83. The zero-order chi connectivity index (χ0) is 12.6. The fourth-order valence-electron chi connectivity index (χ4n) is 2.08. The van der Waals surface area contributed by atoms with Crippen molar-refractivity contribution in [3.8, 4) is 0 Å². The van der Waals surface area contributed by atoms with Crippen LogP contribution in [0.5, 0.6) is 0 Å². The lowest BCUT2D eigenvalue weighted by Crippen LogP contribution is -2.47. The Kier molecular flexibility index (Phi) is 7.69. The maximum absolute atomic E-state index is 5.90. The third kappa shape index (κ3) is 5.66. The summed E-state index contributed by atoms with van der Waals surface area (Å²) in [5.74, 6) is 0. The average Bonchev–Trinajstić information content (AvgIpc) is 2.20. The first-order valence-corrected chi connectivity index (χ1v) is 6.37. The molecule has 1 N–H and O–H groups in total. The van der Waals surface area contributed by atoms with Crippen LogP contribution in [0.1, 0.15) is 47.0 Å². The van der Waals surface area contributed by atoms with Crippen LogP contribution in [0.2, 0.25) is 0 Å². The fourth-order valence-corrected chi connectivity index (χ4v) is 2.08. The second-order valence-corrected chi connectivity index (χ2v) is 5.36. The second kappa shape index (κ2) is 7.86. The van der Waals surface area contributed by atoms with E-state index in [9.17, 15) is 0 Å². The molecule has 16 heavy (non-hydrogen) atoms. The van der Waals surface area contributed by atoms with E-state index in [1.54, 1.807) is 0 Å². The molecule has 0 aromatic rings. The van der Waals surface area contributed by atoms with E-state index in [2.05, 4.69) is 39.6 Å². The largest absolute Gasteiger partial charge is 0.376 e. The molecule has 0 saturated carbocycles. The number of hydrogen-bond donors (Lipinski definition) is 1. The van der Waals surface area contributed by atoms with Gasteiger partial charge in [-0.15, -0.1) is 6.58 Å². The first-order valence-electron chi connectivity index (χ1n) is 6.37. The van der Waals surface area contributed by atoms with E-state index in [4.69, 9.17) is 4.74 Å². The van der Waals surface area contributed by atoms with E-state index in [0.717, 1.165) is 19.4 Å². The number of hydrogen-bond acceptors (Lipinski definition) is 2. The van der Waals surface area contributed by atoms with Crippen LogP contribution < -0.4 is 5.32 Å². The highest BCUT2D eigenvalue weighted by molar-refractivity contribution is 4.86. The van der Waals surface area contributed by atoms with Crippen LogP contribution in [0.25, 0.3) is 0 Å². The Morgan fingerprint density at radius 3 is 2.38 bits per heavy atom. The lowest BCUT2D eigenvalue weighted by Gasteiger charge is -2.36. The van der Waals surface area contributed by atoms with Gasteiger partial charge >= 0.3 is 0 Å². The van der Waals surface area contributed by atoms with Gasteiger partial charge in [0.2, 0.25) is 0 Å². The van der Waals surface area contributed by atoms with Gasteiger partial charge in [-0.3, -0.25) is 0 Å². The molecular weight excluding hydrogens is 198 g/mol. The summed E-state index contributed by atoms with van der Waals surface area (Å²) in [5, 5.41) is 3.39.